The Balaban J connectivity index is 1.95. The van der Waals surface area contributed by atoms with Gasteiger partial charge in [0.2, 0.25) is 0 Å². The number of carboxylic acids is 1. The second-order valence-corrected chi connectivity index (χ2v) is 5.93. The highest BCUT2D eigenvalue weighted by Gasteiger charge is 2.17. The molecule has 0 radical (unpaired) electrons. The molecular formula is C12H19N3O2S. The van der Waals surface area contributed by atoms with Crippen molar-refractivity contribution in [2.75, 3.05) is 33.2 Å². The van der Waals surface area contributed by atoms with Gasteiger partial charge in [0.05, 0.1) is 18.7 Å². The lowest BCUT2D eigenvalue weighted by molar-refractivity contribution is -0.136. The summed E-state index contributed by atoms with van der Waals surface area (Å²) in [6, 6.07) is 0. The minimum absolute atomic E-state index is 0.0895. The van der Waals surface area contributed by atoms with Gasteiger partial charge in [-0.3, -0.25) is 9.69 Å². The molecule has 1 aliphatic heterocycles. The normalized spacial score (nSPS) is 18.1. The quantitative estimate of drug-likeness (QED) is 0.877. The van der Waals surface area contributed by atoms with E-state index in [2.05, 4.69) is 21.8 Å². The average Bonchev–Trinajstić information content (AvgIpc) is 2.62. The van der Waals surface area contributed by atoms with Crippen LogP contribution in [0.2, 0.25) is 0 Å². The van der Waals surface area contributed by atoms with Crippen molar-refractivity contribution < 1.29 is 9.90 Å². The Hall–Kier alpha value is -0.980. The van der Waals surface area contributed by atoms with Gasteiger partial charge >= 0.3 is 5.97 Å². The second kappa shape index (κ2) is 5.77. The molecule has 0 amide bonds. The molecule has 1 aliphatic rings. The summed E-state index contributed by atoms with van der Waals surface area (Å²) in [5, 5.41) is 9.85. The molecule has 0 spiro atoms. The molecule has 18 heavy (non-hydrogen) atoms. The van der Waals surface area contributed by atoms with Crippen molar-refractivity contribution in [3.05, 3.63) is 15.6 Å². The van der Waals surface area contributed by atoms with Gasteiger partial charge in [-0.2, -0.15) is 0 Å². The molecule has 6 heteroatoms. The Labute approximate surface area is 111 Å². The maximum absolute atomic E-state index is 10.7. The van der Waals surface area contributed by atoms with Crippen molar-refractivity contribution in [2.24, 2.45) is 0 Å². The summed E-state index contributed by atoms with van der Waals surface area (Å²) in [6.45, 7) is 7.03. The number of piperazine rings is 1. The number of carboxylic acid groups (broad SMARTS) is 1. The Morgan fingerprint density at radius 3 is 2.67 bits per heavy atom. The maximum atomic E-state index is 10.7. The van der Waals surface area contributed by atoms with Gasteiger partial charge in [0.1, 0.15) is 5.01 Å². The first-order valence-corrected chi connectivity index (χ1v) is 6.94. The lowest BCUT2D eigenvalue weighted by Crippen LogP contribution is -2.43. The van der Waals surface area contributed by atoms with Crippen LogP contribution in [-0.4, -0.2) is 59.1 Å². The molecule has 0 unspecified atom stereocenters. The molecule has 2 heterocycles. The number of likely N-dealkylation sites (N-methyl/N-ethyl adjacent to an activating group) is 1. The van der Waals surface area contributed by atoms with Crippen LogP contribution in [0.1, 0.15) is 15.6 Å². The molecule has 0 aliphatic carbocycles. The topological polar surface area (TPSA) is 56.7 Å². The summed E-state index contributed by atoms with van der Waals surface area (Å²) < 4.78 is 0. The summed E-state index contributed by atoms with van der Waals surface area (Å²) in [6.07, 6.45) is 0.0895. The van der Waals surface area contributed by atoms with Crippen LogP contribution in [-0.2, 0) is 17.8 Å². The molecule has 0 atom stereocenters. The van der Waals surface area contributed by atoms with Gasteiger partial charge in [-0.1, -0.05) is 0 Å². The van der Waals surface area contributed by atoms with E-state index in [1.54, 1.807) is 0 Å². The summed E-state index contributed by atoms with van der Waals surface area (Å²) in [5.74, 6) is -0.784. The molecule has 0 bridgehead atoms. The molecule has 0 aromatic carbocycles. The SMILES string of the molecule is Cc1nc(CN2CCN(C)CC2)sc1CC(=O)O. The van der Waals surface area contributed by atoms with Crippen LogP contribution >= 0.6 is 11.3 Å². The smallest absolute Gasteiger partial charge is 0.308 e. The number of aliphatic carboxylic acids is 1. The third-order valence-electron chi connectivity index (χ3n) is 3.20. The van der Waals surface area contributed by atoms with Gasteiger partial charge in [0, 0.05) is 31.1 Å². The highest BCUT2D eigenvalue weighted by molar-refractivity contribution is 7.11. The summed E-state index contributed by atoms with van der Waals surface area (Å²) in [4.78, 5) is 20.8. The number of carbonyl (C=O) groups is 1. The van der Waals surface area contributed by atoms with Gasteiger partial charge in [-0.25, -0.2) is 4.98 Å². The fourth-order valence-electron chi connectivity index (χ4n) is 2.05. The fourth-order valence-corrected chi connectivity index (χ4v) is 3.16. The lowest BCUT2D eigenvalue weighted by atomic mass is 10.3. The van der Waals surface area contributed by atoms with E-state index < -0.39 is 5.97 Å². The van der Waals surface area contributed by atoms with Crippen LogP contribution in [0.3, 0.4) is 0 Å². The van der Waals surface area contributed by atoms with E-state index >= 15 is 0 Å². The Morgan fingerprint density at radius 2 is 2.06 bits per heavy atom. The van der Waals surface area contributed by atoms with Crippen molar-refractivity contribution in [3.8, 4) is 0 Å². The second-order valence-electron chi connectivity index (χ2n) is 4.77. The molecule has 1 aromatic heterocycles. The minimum atomic E-state index is -0.784. The zero-order valence-electron chi connectivity index (χ0n) is 10.8. The third-order valence-corrected chi connectivity index (χ3v) is 4.35. The van der Waals surface area contributed by atoms with E-state index in [0.717, 1.165) is 48.3 Å². The highest BCUT2D eigenvalue weighted by Crippen LogP contribution is 2.20. The van der Waals surface area contributed by atoms with Crippen LogP contribution < -0.4 is 0 Å². The van der Waals surface area contributed by atoms with Crippen LogP contribution in [0, 0.1) is 6.92 Å². The van der Waals surface area contributed by atoms with Gasteiger partial charge in [0.25, 0.3) is 0 Å². The van der Waals surface area contributed by atoms with Gasteiger partial charge in [-0.15, -0.1) is 11.3 Å². The lowest BCUT2D eigenvalue weighted by Gasteiger charge is -2.31. The van der Waals surface area contributed by atoms with E-state index in [9.17, 15) is 4.79 Å². The van der Waals surface area contributed by atoms with E-state index in [1.165, 1.54) is 11.3 Å². The van der Waals surface area contributed by atoms with E-state index in [1.807, 2.05) is 6.92 Å². The third kappa shape index (κ3) is 3.51. The average molecular weight is 269 g/mol. The summed E-state index contributed by atoms with van der Waals surface area (Å²) in [7, 11) is 2.13. The standard InChI is InChI=1S/C12H19N3O2S/c1-9-10(7-12(16)17)18-11(13-9)8-15-5-3-14(2)4-6-15/h3-8H2,1-2H3,(H,16,17). The molecule has 5 nitrogen and oxygen atoms in total. The van der Waals surface area contributed by atoms with Crippen LogP contribution in [0.4, 0.5) is 0 Å². The number of hydrogen-bond donors (Lipinski definition) is 1. The Morgan fingerprint density at radius 1 is 1.39 bits per heavy atom. The highest BCUT2D eigenvalue weighted by atomic mass is 32.1. The summed E-state index contributed by atoms with van der Waals surface area (Å²) in [5.41, 5.74) is 0.867. The van der Waals surface area contributed by atoms with Crippen molar-refractivity contribution in [1.29, 1.82) is 0 Å². The minimum Gasteiger partial charge on any atom is -0.481 e. The van der Waals surface area contributed by atoms with Gasteiger partial charge in [-0.05, 0) is 14.0 Å². The Kier molecular flexibility index (Phi) is 4.31. The molecule has 1 fully saturated rings. The first-order valence-electron chi connectivity index (χ1n) is 6.12. The van der Waals surface area contributed by atoms with E-state index in [4.69, 9.17) is 5.11 Å². The number of thiazole rings is 1. The zero-order valence-corrected chi connectivity index (χ0v) is 11.7. The van der Waals surface area contributed by atoms with Gasteiger partial charge < -0.3 is 10.0 Å². The number of nitrogens with zero attached hydrogens (tertiary/aromatic N) is 3. The van der Waals surface area contributed by atoms with Crippen LogP contribution in [0.25, 0.3) is 0 Å². The zero-order chi connectivity index (χ0) is 13.1. The monoisotopic (exact) mass is 269 g/mol. The van der Waals surface area contributed by atoms with Crippen LogP contribution in [0.5, 0.6) is 0 Å². The van der Waals surface area contributed by atoms with Crippen molar-refractivity contribution in [3.63, 3.8) is 0 Å². The number of rotatable bonds is 4. The Bertz CT molecular complexity index is 425. The number of hydrogen-bond acceptors (Lipinski definition) is 5. The first-order chi connectivity index (χ1) is 8.54. The van der Waals surface area contributed by atoms with Gasteiger partial charge in [0.15, 0.2) is 0 Å². The molecule has 1 N–H and O–H groups in total. The molecule has 1 saturated heterocycles. The van der Waals surface area contributed by atoms with Crippen LogP contribution in [0.15, 0.2) is 0 Å². The molecular weight excluding hydrogens is 250 g/mol. The number of aromatic nitrogens is 1. The first kappa shape index (κ1) is 13.5. The van der Waals surface area contributed by atoms with E-state index in [0.29, 0.717) is 0 Å². The largest absolute Gasteiger partial charge is 0.481 e. The van der Waals surface area contributed by atoms with Crippen molar-refractivity contribution >= 4 is 17.3 Å². The van der Waals surface area contributed by atoms with E-state index in [-0.39, 0.29) is 6.42 Å². The predicted octanol–water partition coefficient (Wildman–Crippen LogP) is 0.826. The predicted molar refractivity (Wildman–Crippen MR) is 71.0 cm³/mol. The molecule has 1 aromatic rings. The molecule has 2 rings (SSSR count). The van der Waals surface area contributed by atoms with Crippen molar-refractivity contribution in [1.82, 2.24) is 14.8 Å². The number of aryl methyl sites for hydroxylation is 1. The van der Waals surface area contributed by atoms with Crippen molar-refractivity contribution in [2.45, 2.75) is 19.9 Å². The maximum Gasteiger partial charge on any atom is 0.308 e. The molecule has 100 valence electrons. The molecule has 0 saturated carbocycles. The summed E-state index contributed by atoms with van der Waals surface area (Å²) >= 11 is 1.54. The fraction of sp³-hybridized carbons (Fsp3) is 0.667.